The first-order valence-corrected chi connectivity index (χ1v) is 13.6. The average molecular weight is 580 g/mol. The molecule has 2 aliphatic rings. The van der Waals surface area contributed by atoms with Crippen LogP contribution in [0.4, 0.5) is 15.8 Å². The number of carbonyl (C=O) groups excluding carboxylic acids is 4. The van der Waals surface area contributed by atoms with Crippen LogP contribution in [0.3, 0.4) is 0 Å². The number of amides is 3. The summed E-state index contributed by atoms with van der Waals surface area (Å²) < 4.78 is 25.3. The molecule has 0 aromatic heterocycles. The van der Waals surface area contributed by atoms with Gasteiger partial charge >= 0.3 is 0 Å². The van der Waals surface area contributed by atoms with Crippen LogP contribution in [0, 0.1) is 12.7 Å². The van der Waals surface area contributed by atoms with E-state index in [1.165, 1.54) is 29.2 Å². The first-order chi connectivity index (χ1) is 20.8. The summed E-state index contributed by atoms with van der Waals surface area (Å²) in [5.74, 6) is -2.39. The molecule has 0 radical (unpaired) electrons. The first kappa shape index (κ1) is 27.6. The van der Waals surface area contributed by atoms with Gasteiger partial charge in [0.15, 0.2) is 11.5 Å². The number of benzene rings is 4. The topological polar surface area (TPSA) is 105 Å². The van der Waals surface area contributed by atoms with Gasteiger partial charge in [-0.1, -0.05) is 48.5 Å². The summed E-state index contributed by atoms with van der Waals surface area (Å²) in [6.07, 6.45) is 0. The fourth-order valence-electron chi connectivity index (χ4n) is 5.26. The van der Waals surface area contributed by atoms with Crippen molar-refractivity contribution in [3.05, 3.63) is 119 Å². The third-order valence-corrected chi connectivity index (χ3v) is 7.46. The number of ketones is 1. The zero-order chi connectivity index (χ0) is 30.1. The second-order valence-corrected chi connectivity index (χ2v) is 10.2. The van der Waals surface area contributed by atoms with Crippen molar-refractivity contribution >= 4 is 34.9 Å². The van der Waals surface area contributed by atoms with Crippen molar-refractivity contribution in [1.82, 2.24) is 4.90 Å². The van der Waals surface area contributed by atoms with Crippen LogP contribution in [-0.2, 0) is 20.9 Å². The lowest BCUT2D eigenvalue weighted by atomic mass is 10.0. The summed E-state index contributed by atoms with van der Waals surface area (Å²) in [5.41, 5.74) is 2.74. The van der Waals surface area contributed by atoms with Gasteiger partial charge in [0.25, 0.3) is 17.6 Å². The Bertz CT molecular complexity index is 1770. The van der Waals surface area contributed by atoms with Crippen molar-refractivity contribution in [3.63, 3.8) is 0 Å². The second-order valence-electron chi connectivity index (χ2n) is 10.2. The molecule has 4 aromatic rings. The normalized spacial score (nSPS) is 14.0. The van der Waals surface area contributed by atoms with Crippen LogP contribution in [0.2, 0.25) is 0 Å². The standard InChI is InChI=1S/C33H26FN3O6/c1-20-7-2-3-8-22(20)17-37(29(38)18-36-26-12-5-4-11-25(26)31(39)33(36)41)30(21-9-6-10-23(34)15-21)32(40)35-24-13-14-27-28(16-24)43-19-42-27/h2-16,30H,17-19H2,1H3,(H,35,40). The maximum Gasteiger partial charge on any atom is 0.299 e. The summed E-state index contributed by atoms with van der Waals surface area (Å²) >= 11 is 0. The van der Waals surface area contributed by atoms with E-state index in [1.807, 2.05) is 31.2 Å². The van der Waals surface area contributed by atoms with Crippen molar-refractivity contribution in [3.8, 4) is 11.5 Å². The third kappa shape index (κ3) is 5.42. The molecule has 1 N–H and O–H groups in total. The summed E-state index contributed by atoms with van der Waals surface area (Å²) in [4.78, 5) is 56.3. The number of aryl methyl sites for hydroxylation is 1. The number of rotatable bonds is 8. The lowest BCUT2D eigenvalue weighted by molar-refractivity contribution is -0.139. The number of ether oxygens (including phenoxy) is 2. The molecule has 6 rings (SSSR count). The van der Waals surface area contributed by atoms with E-state index in [0.29, 0.717) is 22.9 Å². The first-order valence-electron chi connectivity index (χ1n) is 13.6. The number of para-hydroxylation sites is 1. The van der Waals surface area contributed by atoms with Crippen LogP contribution in [0.5, 0.6) is 11.5 Å². The largest absolute Gasteiger partial charge is 0.454 e. The number of nitrogens with zero attached hydrogens (tertiary/aromatic N) is 2. The highest BCUT2D eigenvalue weighted by molar-refractivity contribution is 6.52. The summed E-state index contributed by atoms with van der Waals surface area (Å²) in [5, 5.41) is 2.83. The van der Waals surface area contributed by atoms with E-state index in [-0.39, 0.29) is 24.5 Å². The van der Waals surface area contributed by atoms with E-state index in [0.717, 1.165) is 16.0 Å². The van der Waals surface area contributed by atoms with E-state index in [9.17, 15) is 23.6 Å². The van der Waals surface area contributed by atoms with Crippen molar-refractivity contribution in [2.45, 2.75) is 19.5 Å². The van der Waals surface area contributed by atoms with E-state index < -0.39 is 41.9 Å². The second kappa shape index (κ2) is 11.4. The minimum atomic E-state index is -1.31. The quantitative estimate of drug-likeness (QED) is 0.301. The number of Topliss-reactive ketones (excluding diaryl/α,β-unsaturated/α-hetero) is 1. The SMILES string of the molecule is Cc1ccccc1CN(C(=O)CN1C(=O)C(=O)c2ccccc21)C(C(=O)Nc1ccc2c(c1)OCO2)c1cccc(F)c1. The molecule has 2 heterocycles. The van der Waals surface area contributed by atoms with Crippen molar-refractivity contribution < 1.29 is 33.0 Å². The number of hydrogen-bond donors (Lipinski definition) is 1. The Labute approximate surface area is 246 Å². The van der Waals surface area contributed by atoms with Crippen LogP contribution in [0.15, 0.2) is 91.0 Å². The van der Waals surface area contributed by atoms with Crippen LogP contribution in [-0.4, -0.2) is 41.7 Å². The maximum absolute atomic E-state index is 14.6. The lowest BCUT2D eigenvalue weighted by Crippen LogP contribution is -2.46. The molecule has 0 saturated heterocycles. The minimum absolute atomic E-state index is 0.0289. The van der Waals surface area contributed by atoms with Crippen LogP contribution < -0.4 is 19.7 Å². The van der Waals surface area contributed by atoms with Gasteiger partial charge in [-0.2, -0.15) is 0 Å². The fourth-order valence-corrected chi connectivity index (χ4v) is 5.26. The molecule has 0 fully saturated rings. The molecule has 0 spiro atoms. The van der Waals surface area contributed by atoms with Gasteiger partial charge in [-0.25, -0.2) is 4.39 Å². The highest BCUT2D eigenvalue weighted by Gasteiger charge is 2.39. The molecule has 0 aliphatic carbocycles. The molecule has 43 heavy (non-hydrogen) atoms. The molecule has 9 nitrogen and oxygen atoms in total. The number of halogens is 1. The Balaban J connectivity index is 1.40. The van der Waals surface area contributed by atoms with Crippen molar-refractivity contribution in [2.24, 2.45) is 0 Å². The lowest BCUT2D eigenvalue weighted by Gasteiger charge is -2.33. The molecule has 4 aromatic carbocycles. The van der Waals surface area contributed by atoms with Gasteiger partial charge in [0.2, 0.25) is 12.7 Å². The Hall–Kier alpha value is -5.51. The number of fused-ring (bicyclic) bond motifs is 2. The Morgan fingerprint density at radius 2 is 1.70 bits per heavy atom. The zero-order valence-electron chi connectivity index (χ0n) is 23.1. The predicted molar refractivity (Wildman–Crippen MR) is 155 cm³/mol. The molecular formula is C33H26FN3O6. The molecule has 3 amide bonds. The van der Waals surface area contributed by atoms with Crippen molar-refractivity contribution in [2.75, 3.05) is 23.6 Å². The monoisotopic (exact) mass is 579 g/mol. The minimum Gasteiger partial charge on any atom is -0.454 e. The summed E-state index contributed by atoms with van der Waals surface area (Å²) in [6, 6.07) is 22.8. The smallest absolute Gasteiger partial charge is 0.299 e. The summed E-state index contributed by atoms with van der Waals surface area (Å²) in [6.45, 7) is 1.40. The average Bonchev–Trinajstić information content (AvgIpc) is 3.56. The molecule has 1 atom stereocenters. The van der Waals surface area contributed by atoms with Gasteiger partial charge in [0.05, 0.1) is 11.3 Å². The van der Waals surface area contributed by atoms with Gasteiger partial charge < -0.3 is 19.7 Å². The van der Waals surface area contributed by atoms with Gasteiger partial charge in [-0.3, -0.25) is 24.1 Å². The fraction of sp³-hybridized carbons (Fsp3) is 0.152. The molecule has 0 bridgehead atoms. The van der Waals surface area contributed by atoms with E-state index in [2.05, 4.69) is 5.32 Å². The van der Waals surface area contributed by atoms with Gasteiger partial charge in [-0.05, 0) is 60.0 Å². The Morgan fingerprint density at radius 1 is 0.930 bits per heavy atom. The third-order valence-electron chi connectivity index (χ3n) is 7.46. The predicted octanol–water partition coefficient (Wildman–Crippen LogP) is 4.80. The molecular weight excluding hydrogens is 553 g/mol. The van der Waals surface area contributed by atoms with E-state index in [4.69, 9.17) is 9.47 Å². The van der Waals surface area contributed by atoms with Crippen LogP contribution in [0.25, 0.3) is 0 Å². The maximum atomic E-state index is 14.6. The van der Waals surface area contributed by atoms with Gasteiger partial charge in [-0.15, -0.1) is 0 Å². The molecule has 10 heteroatoms. The van der Waals surface area contributed by atoms with Crippen molar-refractivity contribution in [1.29, 1.82) is 0 Å². The molecule has 0 saturated carbocycles. The van der Waals surface area contributed by atoms with Gasteiger partial charge in [0, 0.05) is 18.3 Å². The van der Waals surface area contributed by atoms with E-state index >= 15 is 0 Å². The summed E-state index contributed by atoms with van der Waals surface area (Å²) in [7, 11) is 0. The highest BCUT2D eigenvalue weighted by atomic mass is 19.1. The number of anilines is 2. The zero-order valence-corrected chi connectivity index (χ0v) is 23.1. The molecule has 2 aliphatic heterocycles. The number of carbonyl (C=O) groups is 4. The van der Waals surface area contributed by atoms with Crippen LogP contribution in [0.1, 0.15) is 33.1 Å². The van der Waals surface area contributed by atoms with Crippen LogP contribution >= 0.6 is 0 Å². The number of nitrogens with one attached hydrogen (secondary N) is 1. The highest BCUT2D eigenvalue weighted by Crippen LogP contribution is 2.35. The number of hydrogen-bond acceptors (Lipinski definition) is 6. The van der Waals surface area contributed by atoms with Gasteiger partial charge in [0.1, 0.15) is 18.4 Å². The Morgan fingerprint density at radius 3 is 2.51 bits per heavy atom. The van der Waals surface area contributed by atoms with E-state index in [1.54, 1.807) is 42.5 Å². The molecule has 216 valence electrons. The molecule has 1 unspecified atom stereocenters. The Kier molecular flexibility index (Phi) is 7.33.